The van der Waals surface area contributed by atoms with E-state index in [0.29, 0.717) is 27.7 Å². The first-order valence-corrected chi connectivity index (χ1v) is 8.79. The molecule has 0 bridgehead atoms. The highest BCUT2D eigenvalue weighted by molar-refractivity contribution is 6.50. The van der Waals surface area contributed by atoms with E-state index in [2.05, 4.69) is 0 Å². The van der Waals surface area contributed by atoms with Gasteiger partial charge in [0, 0.05) is 47.7 Å². The molecule has 4 aromatic rings. The molecule has 2 aromatic heterocycles. The number of rotatable bonds is 2. The largest absolute Gasteiger partial charge is 0.508 e. The van der Waals surface area contributed by atoms with E-state index >= 15 is 0 Å². The average molecular weight is 372 g/mol. The molecule has 0 saturated heterocycles. The Morgan fingerprint density at radius 2 is 1.64 bits per heavy atom. The topological polar surface area (TPSA) is 75.7 Å². The smallest absolute Gasteiger partial charge is 0.262 e. The van der Waals surface area contributed by atoms with Crippen LogP contribution < -0.4 is 0 Å². The van der Waals surface area contributed by atoms with Crippen LogP contribution in [0.4, 0.5) is 0 Å². The normalized spacial score (nSPS) is 14.9. The molecule has 0 radical (unpaired) electrons. The lowest BCUT2D eigenvalue weighted by Gasteiger charge is -2.07. The summed E-state index contributed by atoms with van der Waals surface area (Å²) in [6, 6.07) is 12.5. The average Bonchev–Trinajstić information content (AvgIpc) is 3.34. The molecular weight excluding hydrogens is 356 g/mol. The van der Waals surface area contributed by atoms with E-state index in [1.165, 1.54) is 19.4 Å². The number of hydrogen-bond acceptors (Lipinski definition) is 4. The van der Waals surface area contributed by atoms with Gasteiger partial charge in [0.15, 0.2) is 0 Å². The molecule has 1 aliphatic heterocycles. The number of phenolic OH excluding ortho intramolecular Hbond substituents is 1. The van der Waals surface area contributed by atoms with Gasteiger partial charge in [0.25, 0.3) is 11.8 Å². The van der Waals surface area contributed by atoms with E-state index in [1.54, 1.807) is 12.1 Å². The van der Waals surface area contributed by atoms with Crippen LogP contribution in [0.25, 0.3) is 33.0 Å². The highest BCUT2D eigenvalue weighted by Crippen LogP contribution is 2.41. The molecule has 0 aliphatic carbocycles. The second-order valence-electron chi connectivity index (χ2n) is 6.92. The predicted octanol–water partition coefficient (Wildman–Crippen LogP) is 3.54. The van der Waals surface area contributed by atoms with Crippen LogP contribution >= 0.6 is 0 Å². The Balaban J connectivity index is 1.91. The van der Waals surface area contributed by atoms with Gasteiger partial charge in [-0.3, -0.25) is 14.5 Å². The van der Waals surface area contributed by atoms with E-state index in [0.717, 1.165) is 15.8 Å². The number of aryl methyl sites for hydroxylation is 1. The molecule has 0 unspecified atom stereocenters. The van der Waals surface area contributed by atoms with Crippen molar-refractivity contribution in [3.63, 3.8) is 0 Å². The minimum absolute atomic E-state index is 0.00321. The van der Waals surface area contributed by atoms with Crippen molar-refractivity contribution in [2.45, 2.75) is 0 Å². The number of benzene rings is 2. The minimum atomic E-state index is -0.420. The zero-order valence-electron chi connectivity index (χ0n) is 15.3. The number of aromatic hydroxyl groups is 1. The van der Waals surface area contributed by atoms with Gasteiger partial charge in [0.1, 0.15) is 11.3 Å². The van der Waals surface area contributed by atoms with Crippen LogP contribution in [0.1, 0.15) is 11.1 Å². The van der Waals surface area contributed by atoms with Gasteiger partial charge >= 0.3 is 0 Å². The van der Waals surface area contributed by atoms with Crippen LogP contribution in [0.5, 0.6) is 5.75 Å². The van der Waals surface area contributed by atoms with Crippen LogP contribution in [0.3, 0.4) is 0 Å². The summed E-state index contributed by atoms with van der Waals surface area (Å²) in [5, 5.41) is 11.7. The van der Waals surface area contributed by atoms with E-state index in [-0.39, 0.29) is 17.2 Å². The molecule has 2 amide bonds. The standard InChI is InChI=1S/C22H16N2O4/c1-23-11-16(14-5-3-4-6-17(14)23)19-18(21(26)24(2)22(19)27)15-10-13(25)9-12-7-8-28-20(12)15/h3-11,25H,1-2H3. The highest BCUT2D eigenvalue weighted by Gasteiger charge is 2.39. The summed E-state index contributed by atoms with van der Waals surface area (Å²) in [7, 11) is 3.36. The third kappa shape index (κ3) is 2.08. The molecule has 138 valence electrons. The molecule has 6 heteroatoms. The lowest BCUT2D eigenvalue weighted by Crippen LogP contribution is -2.26. The van der Waals surface area contributed by atoms with E-state index in [1.807, 2.05) is 42.1 Å². The summed E-state index contributed by atoms with van der Waals surface area (Å²) in [5.74, 6) is -0.792. The number of amides is 2. The van der Waals surface area contributed by atoms with Crippen LogP contribution in [0, 0.1) is 0 Å². The van der Waals surface area contributed by atoms with Crippen LogP contribution in [0.15, 0.2) is 59.3 Å². The number of furan rings is 1. The summed E-state index contributed by atoms with van der Waals surface area (Å²) in [6.45, 7) is 0. The molecule has 6 nitrogen and oxygen atoms in total. The van der Waals surface area contributed by atoms with E-state index in [4.69, 9.17) is 4.42 Å². The maximum Gasteiger partial charge on any atom is 0.262 e. The van der Waals surface area contributed by atoms with Gasteiger partial charge < -0.3 is 14.1 Å². The predicted molar refractivity (Wildman–Crippen MR) is 105 cm³/mol. The number of nitrogens with zero attached hydrogens (tertiary/aromatic N) is 2. The zero-order valence-corrected chi connectivity index (χ0v) is 15.3. The van der Waals surface area contributed by atoms with Gasteiger partial charge in [-0.25, -0.2) is 0 Å². The molecule has 0 fully saturated rings. The molecule has 0 saturated carbocycles. The maximum absolute atomic E-state index is 13.1. The lowest BCUT2D eigenvalue weighted by molar-refractivity contribution is -0.134. The van der Waals surface area contributed by atoms with Gasteiger partial charge in [0.2, 0.25) is 0 Å². The van der Waals surface area contributed by atoms with Crippen molar-refractivity contribution >= 4 is 44.8 Å². The Labute approximate surface area is 159 Å². The van der Waals surface area contributed by atoms with Crippen LogP contribution in [0.2, 0.25) is 0 Å². The third-order valence-corrected chi connectivity index (χ3v) is 5.26. The highest BCUT2D eigenvalue weighted by atomic mass is 16.3. The van der Waals surface area contributed by atoms with Crippen molar-refractivity contribution in [1.82, 2.24) is 9.47 Å². The zero-order chi connectivity index (χ0) is 19.6. The second kappa shape index (κ2) is 5.60. The molecule has 0 spiro atoms. The Morgan fingerprint density at radius 3 is 2.43 bits per heavy atom. The Morgan fingerprint density at radius 1 is 0.929 bits per heavy atom. The maximum atomic E-state index is 13.1. The minimum Gasteiger partial charge on any atom is -0.508 e. The molecule has 1 N–H and O–H groups in total. The first kappa shape index (κ1) is 16.4. The van der Waals surface area contributed by atoms with E-state index in [9.17, 15) is 14.7 Å². The molecule has 28 heavy (non-hydrogen) atoms. The molecule has 3 heterocycles. The second-order valence-corrected chi connectivity index (χ2v) is 6.92. The quantitative estimate of drug-likeness (QED) is 0.546. The summed E-state index contributed by atoms with van der Waals surface area (Å²) < 4.78 is 7.51. The van der Waals surface area contributed by atoms with E-state index < -0.39 is 5.91 Å². The first-order valence-electron chi connectivity index (χ1n) is 8.79. The molecule has 1 aliphatic rings. The van der Waals surface area contributed by atoms with Crippen molar-refractivity contribution in [3.8, 4) is 5.75 Å². The number of likely N-dealkylation sites (N-methyl/N-ethyl adjacent to an activating group) is 1. The lowest BCUT2D eigenvalue weighted by atomic mass is 9.95. The summed E-state index contributed by atoms with van der Waals surface area (Å²) in [6.07, 6.45) is 3.35. The number of carbonyl (C=O) groups is 2. The number of phenols is 1. The number of carbonyl (C=O) groups excluding carboxylic acids is 2. The SMILES string of the molecule is CN1C(=O)C(c2cn(C)c3ccccc23)=C(c2cc(O)cc3ccoc23)C1=O. The summed E-state index contributed by atoms with van der Waals surface area (Å²) in [5.41, 5.74) is 3.05. The Kier molecular flexibility index (Phi) is 3.27. The molecule has 0 atom stereocenters. The summed E-state index contributed by atoms with van der Waals surface area (Å²) in [4.78, 5) is 27.2. The number of para-hydroxylation sites is 1. The molecular formula is C22H16N2O4. The summed E-state index contributed by atoms with van der Waals surface area (Å²) >= 11 is 0. The van der Waals surface area contributed by atoms with Crippen molar-refractivity contribution in [2.75, 3.05) is 7.05 Å². The van der Waals surface area contributed by atoms with Gasteiger partial charge in [-0.15, -0.1) is 0 Å². The number of fused-ring (bicyclic) bond motifs is 2. The van der Waals surface area contributed by atoms with Crippen molar-refractivity contribution in [3.05, 3.63) is 66.1 Å². The van der Waals surface area contributed by atoms with Gasteiger partial charge in [0.05, 0.1) is 17.4 Å². The first-order chi connectivity index (χ1) is 13.5. The molecule has 2 aromatic carbocycles. The van der Waals surface area contributed by atoms with Crippen molar-refractivity contribution < 1.29 is 19.1 Å². The van der Waals surface area contributed by atoms with Crippen molar-refractivity contribution in [1.29, 1.82) is 0 Å². The van der Waals surface area contributed by atoms with Crippen molar-refractivity contribution in [2.24, 2.45) is 7.05 Å². The fraction of sp³-hybridized carbons (Fsp3) is 0.0909. The van der Waals surface area contributed by atoms with Gasteiger partial charge in [-0.05, 0) is 24.3 Å². The van der Waals surface area contributed by atoms with Crippen LogP contribution in [-0.4, -0.2) is 33.4 Å². The third-order valence-electron chi connectivity index (χ3n) is 5.26. The fourth-order valence-corrected chi connectivity index (χ4v) is 3.93. The number of hydrogen-bond donors (Lipinski definition) is 1. The number of imide groups is 1. The Hall–Kier alpha value is -3.80. The van der Waals surface area contributed by atoms with Gasteiger partial charge in [-0.2, -0.15) is 0 Å². The van der Waals surface area contributed by atoms with Crippen LogP contribution in [-0.2, 0) is 16.6 Å². The van der Waals surface area contributed by atoms with Gasteiger partial charge in [-0.1, -0.05) is 18.2 Å². The fourth-order valence-electron chi connectivity index (χ4n) is 3.93. The monoisotopic (exact) mass is 372 g/mol. The number of aromatic nitrogens is 1. The Bertz CT molecular complexity index is 1340. The molecule has 5 rings (SSSR count).